The summed E-state index contributed by atoms with van der Waals surface area (Å²) >= 11 is 0. The number of ether oxygens (including phenoxy) is 2. The smallest absolute Gasteiger partial charge is 0.330 e. The first-order chi connectivity index (χ1) is 10.8. The maximum atomic E-state index is 11.3. The van der Waals surface area contributed by atoms with Crippen molar-refractivity contribution in [1.82, 2.24) is 9.78 Å². The number of nitrogens with zero attached hydrogens (tertiary/aromatic N) is 2. The molecule has 5 heteroatoms. The second-order valence-electron chi connectivity index (χ2n) is 5.31. The molecule has 1 saturated heterocycles. The zero-order valence-electron chi connectivity index (χ0n) is 12.7. The van der Waals surface area contributed by atoms with Gasteiger partial charge in [-0.15, -0.1) is 0 Å². The van der Waals surface area contributed by atoms with E-state index in [4.69, 9.17) is 9.47 Å². The lowest BCUT2D eigenvalue weighted by Gasteiger charge is -2.23. The summed E-state index contributed by atoms with van der Waals surface area (Å²) in [6.07, 6.45) is 8.37. The second-order valence-corrected chi connectivity index (χ2v) is 5.31. The van der Waals surface area contributed by atoms with Crippen molar-refractivity contribution in [3.63, 3.8) is 0 Å². The van der Waals surface area contributed by atoms with Crippen molar-refractivity contribution < 1.29 is 14.3 Å². The second kappa shape index (κ2) is 6.75. The number of esters is 1. The summed E-state index contributed by atoms with van der Waals surface area (Å²) in [5.74, 6) is -0.325. The Hall–Kier alpha value is -2.14. The van der Waals surface area contributed by atoms with Gasteiger partial charge in [0.2, 0.25) is 0 Å². The summed E-state index contributed by atoms with van der Waals surface area (Å²) in [7, 11) is 0. The molecule has 1 aromatic heterocycles. The number of carbonyl (C=O) groups is 1. The summed E-state index contributed by atoms with van der Waals surface area (Å²) in [6.45, 7) is 2.97. The number of aromatic nitrogens is 2. The topological polar surface area (TPSA) is 53.3 Å². The molecule has 0 aliphatic carbocycles. The summed E-state index contributed by atoms with van der Waals surface area (Å²) in [5, 5.41) is 5.50. The van der Waals surface area contributed by atoms with Crippen molar-refractivity contribution in [2.75, 3.05) is 13.2 Å². The number of benzene rings is 1. The third-order valence-electron chi connectivity index (χ3n) is 3.75. The molecule has 2 aromatic rings. The van der Waals surface area contributed by atoms with E-state index in [2.05, 4.69) is 5.10 Å². The van der Waals surface area contributed by atoms with E-state index >= 15 is 0 Å². The van der Waals surface area contributed by atoms with E-state index in [1.807, 2.05) is 29.1 Å². The highest BCUT2D eigenvalue weighted by molar-refractivity contribution is 5.88. The average Bonchev–Trinajstić information content (AvgIpc) is 2.97. The average molecular weight is 300 g/mol. The van der Waals surface area contributed by atoms with Crippen molar-refractivity contribution in [3.05, 3.63) is 36.0 Å². The molecule has 5 nitrogen and oxygen atoms in total. The minimum Gasteiger partial charge on any atom is -0.463 e. The molecule has 1 atom stereocenters. The van der Waals surface area contributed by atoms with Crippen LogP contribution in [0.4, 0.5) is 0 Å². The van der Waals surface area contributed by atoms with Gasteiger partial charge in [0, 0.05) is 18.1 Å². The Balaban J connectivity index is 1.81. The van der Waals surface area contributed by atoms with E-state index in [-0.39, 0.29) is 12.2 Å². The fraction of sp³-hybridized carbons (Fsp3) is 0.412. The Morgan fingerprint density at radius 3 is 3.18 bits per heavy atom. The van der Waals surface area contributed by atoms with E-state index in [1.165, 1.54) is 12.5 Å². The summed E-state index contributed by atoms with van der Waals surface area (Å²) in [5.41, 5.74) is 2.00. The minimum atomic E-state index is -0.325. The third kappa shape index (κ3) is 3.20. The lowest BCUT2D eigenvalue weighted by Crippen LogP contribution is -2.18. The van der Waals surface area contributed by atoms with Gasteiger partial charge >= 0.3 is 5.97 Å². The zero-order chi connectivity index (χ0) is 15.4. The van der Waals surface area contributed by atoms with E-state index in [0.717, 1.165) is 35.9 Å². The van der Waals surface area contributed by atoms with Crippen LogP contribution in [0.5, 0.6) is 0 Å². The number of rotatable bonds is 4. The summed E-state index contributed by atoms with van der Waals surface area (Å²) in [4.78, 5) is 11.3. The minimum absolute atomic E-state index is 0.0344. The Morgan fingerprint density at radius 2 is 2.41 bits per heavy atom. The van der Waals surface area contributed by atoms with Crippen LogP contribution in [0.25, 0.3) is 17.0 Å². The zero-order valence-corrected chi connectivity index (χ0v) is 12.7. The quantitative estimate of drug-likeness (QED) is 0.642. The van der Waals surface area contributed by atoms with Gasteiger partial charge in [0.25, 0.3) is 0 Å². The maximum Gasteiger partial charge on any atom is 0.330 e. The van der Waals surface area contributed by atoms with Crippen LogP contribution in [-0.2, 0) is 14.3 Å². The van der Waals surface area contributed by atoms with Gasteiger partial charge in [0.1, 0.15) is 0 Å². The molecule has 116 valence electrons. The fourth-order valence-electron chi connectivity index (χ4n) is 2.68. The first-order valence-electron chi connectivity index (χ1n) is 7.71. The van der Waals surface area contributed by atoms with E-state index in [9.17, 15) is 4.79 Å². The SMILES string of the molecule is CCOC(=O)/C=C/c1ccc2c(cnn2C2CCCCO2)c1. The Bertz CT molecular complexity index is 684. The van der Waals surface area contributed by atoms with Crippen LogP contribution in [0.15, 0.2) is 30.5 Å². The molecule has 1 aromatic carbocycles. The first kappa shape index (κ1) is 14.8. The predicted molar refractivity (Wildman–Crippen MR) is 84.2 cm³/mol. The van der Waals surface area contributed by atoms with Crippen LogP contribution in [0, 0.1) is 0 Å². The van der Waals surface area contributed by atoms with Crippen LogP contribution in [-0.4, -0.2) is 29.0 Å². The van der Waals surface area contributed by atoms with Crippen LogP contribution in [0.1, 0.15) is 38.0 Å². The van der Waals surface area contributed by atoms with Gasteiger partial charge < -0.3 is 9.47 Å². The van der Waals surface area contributed by atoms with Crippen molar-refractivity contribution in [2.24, 2.45) is 0 Å². The Labute approximate surface area is 129 Å². The summed E-state index contributed by atoms with van der Waals surface area (Å²) in [6, 6.07) is 6.00. The van der Waals surface area contributed by atoms with Gasteiger partial charge in [-0.1, -0.05) is 6.07 Å². The highest BCUT2D eigenvalue weighted by atomic mass is 16.5. The maximum absolute atomic E-state index is 11.3. The number of hydrogen-bond acceptors (Lipinski definition) is 4. The number of fused-ring (bicyclic) bond motifs is 1. The molecule has 3 rings (SSSR count). The van der Waals surface area contributed by atoms with Gasteiger partial charge in [-0.3, -0.25) is 0 Å². The number of hydrogen-bond donors (Lipinski definition) is 0. The highest BCUT2D eigenvalue weighted by Crippen LogP contribution is 2.26. The molecule has 1 unspecified atom stereocenters. The van der Waals surface area contributed by atoms with E-state index < -0.39 is 0 Å². The lowest BCUT2D eigenvalue weighted by atomic mass is 10.1. The molecular weight excluding hydrogens is 280 g/mol. The third-order valence-corrected chi connectivity index (χ3v) is 3.75. The molecule has 22 heavy (non-hydrogen) atoms. The molecule has 0 N–H and O–H groups in total. The molecule has 0 bridgehead atoms. The van der Waals surface area contributed by atoms with Crippen molar-refractivity contribution in [3.8, 4) is 0 Å². The van der Waals surface area contributed by atoms with Crippen molar-refractivity contribution >= 4 is 22.9 Å². The molecule has 0 spiro atoms. The molecular formula is C17H20N2O3. The number of carbonyl (C=O) groups excluding carboxylic acids is 1. The Morgan fingerprint density at radius 1 is 1.50 bits per heavy atom. The van der Waals surface area contributed by atoms with Crippen LogP contribution in [0.3, 0.4) is 0 Å². The molecule has 0 amide bonds. The largest absolute Gasteiger partial charge is 0.463 e. The Kier molecular flexibility index (Phi) is 4.53. The molecule has 1 aliphatic heterocycles. The van der Waals surface area contributed by atoms with Gasteiger partial charge in [-0.25, -0.2) is 9.48 Å². The highest BCUT2D eigenvalue weighted by Gasteiger charge is 2.18. The summed E-state index contributed by atoms with van der Waals surface area (Å²) < 4.78 is 12.6. The normalized spacial score (nSPS) is 18.9. The monoisotopic (exact) mass is 300 g/mol. The fourth-order valence-corrected chi connectivity index (χ4v) is 2.68. The molecule has 0 saturated carbocycles. The van der Waals surface area contributed by atoms with Crippen LogP contribution < -0.4 is 0 Å². The van der Waals surface area contributed by atoms with Crippen LogP contribution >= 0.6 is 0 Å². The lowest BCUT2D eigenvalue weighted by molar-refractivity contribution is -0.137. The van der Waals surface area contributed by atoms with E-state index in [1.54, 1.807) is 13.0 Å². The standard InChI is InChI=1S/C17H20N2O3/c1-2-21-17(20)9-7-13-6-8-15-14(11-13)12-18-19(15)16-5-3-4-10-22-16/h6-9,11-12,16H,2-5,10H2,1H3/b9-7+. The first-order valence-corrected chi connectivity index (χ1v) is 7.71. The van der Waals surface area contributed by atoms with Crippen molar-refractivity contribution in [2.45, 2.75) is 32.4 Å². The molecule has 2 heterocycles. The van der Waals surface area contributed by atoms with Gasteiger partial charge in [0.15, 0.2) is 6.23 Å². The van der Waals surface area contributed by atoms with Gasteiger partial charge in [0.05, 0.1) is 18.3 Å². The van der Waals surface area contributed by atoms with Gasteiger partial charge in [-0.05, 0) is 50.0 Å². The molecule has 1 fully saturated rings. The van der Waals surface area contributed by atoms with Crippen LogP contribution in [0.2, 0.25) is 0 Å². The van der Waals surface area contributed by atoms with Crippen molar-refractivity contribution in [1.29, 1.82) is 0 Å². The van der Waals surface area contributed by atoms with E-state index in [0.29, 0.717) is 6.61 Å². The molecule has 0 radical (unpaired) electrons. The molecule has 1 aliphatic rings. The predicted octanol–water partition coefficient (Wildman–Crippen LogP) is 3.31. The van der Waals surface area contributed by atoms with Gasteiger partial charge in [-0.2, -0.15) is 5.10 Å².